The largest absolute Gasteiger partial charge is 0.382 e. The number of alkyl halides is 1. The number of nitrogens with zero attached hydrogens (tertiary/aromatic N) is 4. The van der Waals surface area contributed by atoms with Crippen molar-refractivity contribution >= 4 is 38.8 Å². The van der Waals surface area contributed by atoms with Crippen molar-refractivity contribution in [3.8, 4) is 0 Å². The number of nitrogens with two attached hydrogens (primary N) is 1. The predicted molar refractivity (Wildman–Crippen MR) is 129 cm³/mol. The number of benzene rings is 1. The van der Waals surface area contributed by atoms with Crippen molar-refractivity contribution in [3.63, 3.8) is 0 Å². The molecule has 3 aromatic rings. The number of imidazole rings is 1. The summed E-state index contributed by atoms with van der Waals surface area (Å²) in [6.45, 7) is 6.16. The van der Waals surface area contributed by atoms with E-state index in [1.165, 1.54) is 18.1 Å². The predicted octanol–water partition coefficient (Wildman–Crippen LogP) is 3.80. The summed E-state index contributed by atoms with van der Waals surface area (Å²) in [7, 11) is -3.33. The smallest absolute Gasteiger partial charge is 0.213 e. The molecule has 3 N–H and O–H groups in total. The van der Waals surface area contributed by atoms with Crippen molar-refractivity contribution < 1.29 is 12.8 Å². The molecule has 0 amide bonds. The second-order valence-electron chi connectivity index (χ2n) is 8.44. The minimum absolute atomic E-state index is 0.287. The Morgan fingerprint density at radius 2 is 2.12 bits per heavy atom. The van der Waals surface area contributed by atoms with Gasteiger partial charge in [-0.1, -0.05) is 24.8 Å². The lowest BCUT2D eigenvalue weighted by atomic mass is 10.0. The lowest BCUT2D eigenvalue weighted by molar-refractivity contribution is 0.343. The van der Waals surface area contributed by atoms with Gasteiger partial charge in [-0.2, -0.15) is 0 Å². The average molecular weight is 493 g/mol. The van der Waals surface area contributed by atoms with E-state index in [1.54, 1.807) is 13.8 Å². The van der Waals surface area contributed by atoms with Gasteiger partial charge < -0.3 is 10.3 Å². The minimum Gasteiger partial charge on any atom is -0.382 e. The summed E-state index contributed by atoms with van der Waals surface area (Å²) in [6.07, 6.45) is 3.14. The molecule has 1 aliphatic carbocycles. The normalized spacial score (nSPS) is 16.1. The van der Waals surface area contributed by atoms with E-state index in [2.05, 4.69) is 27.7 Å². The maximum atomic E-state index is 14.4. The van der Waals surface area contributed by atoms with Gasteiger partial charge in [-0.3, -0.25) is 0 Å². The van der Waals surface area contributed by atoms with Crippen molar-refractivity contribution in [1.29, 1.82) is 0 Å². The second kappa shape index (κ2) is 9.55. The average Bonchev–Trinajstić information content (AvgIpc) is 3.31. The molecule has 0 bridgehead atoms. The molecule has 1 atom stereocenters. The van der Waals surface area contributed by atoms with E-state index < -0.39 is 21.4 Å². The van der Waals surface area contributed by atoms with Crippen molar-refractivity contribution in [3.05, 3.63) is 35.2 Å². The van der Waals surface area contributed by atoms with Gasteiger partial charge in [0, 0.05) is 18.0 Å². The van der Waals surface area contributed by atoms with Crippen LogP contribution >= 0.6 is 11.8 Å². The van der Waals surface area contributed by atoms with E-state index >= 15 is 0 Å². The van der Waals surface area contributed by atoms with E-state index in [0.29, 0.717) is 42.3 Å². The van der Waals surface area contributed by atoms with Gasteiger partial charge in [-0.25, -0.2) is 32.5 Å². The lowest BCUT2D eigenvalue weighted by Crippen LogP contribution is -2.31. The van der Waals surface area contributed by atoms with Gasteiger partial charge in [-0.05, 0) is 62.3 Å². The summed E-state index contributed by atoms with van der Waals surface area (Å²) < 4.78 is 43.1. The first-order valence-corrected chi connectivity index (χ1v) is 13.5. The Labute approximate surface area is 197 Å². The van der Waals surface area contributed by atoms with Gasteiger partial charge in [0.2, 0.25) is 10.0 Å². The van der Waals surface area contributed by atoms with E-state index in [9.17, 15) is 12.8 Å². The summed E-state index contributed by atoms with van der Waals surface area (Å²) in [6, 6.07) is 4.06. The Kier molecular flexibility index (Phi) is 6.92. The highest BCUT2D eigenvalue weighted by atomic mass is 32.2. The van der Waals surface area contributed by atoms with Crippen LogP contribution in [0.3, 0.4) is 0 Å². The second-order valence-corrected chi connectivity index (χ2v) is 11.8. The molecule has 2 heterocycles. The van der Waals surface area contributed by atoms with Crippen LogP contribution in [0.1, 0.15) is 56.5 Å². The number of fused-ring (bicyclic) bond motifs is 2. The quantitative estimate of drug-likeness (QED) is 0.437. The van der Waals surface area contributed by atoms with Gasteiger partial charge in [-0.15, -0.1) is 0 Å². The van der Waals surface area contributed by atoms with Crippen LogP contribution in [0.25, 0.3) is 11.2 Å². The minimum atomic E-state index is -3.33. The third-order valence-electron chi connectivity index (χ3n) is 5.92. The summed E-state index contributed by atoms with van der Waals surface area (Å²) in [5.41, 5.74) is 10.1. The number of aryl methyl sites for hydroxylation is 3. The lowest BCUT2D eigenvalue weighted by Gasteiger charge is -2.13. The summed E-state index contributed by atoms with van der Waals surface area (Å²) >= 11 is 1.46. The third kappa shape index (κ3) is 4.85. The zero-order valence-corrected chi connectivity index (χ0v) is 20.6. The van der Waals surface area contributed by atoms with E-state index in [0.717, 1.165) is 34.4 Å². The SMILES string of the molecule is CCc1cc2c(cc1Sc1nc3c(N)ncnc3n1CCCNS(=O)(=O)C(C)C)C(F)CC2. The Bertz CT molecular complexity index is 1280. The fourth-order valence-electron chi connectivity index (χ4n) is 3.94. The Morgan fingerprint density at radius 1 is 1.33 bits per heavy atom. The van der Waals surface area contributed by atoms with Crippen LogP contribution < -0.4 is 10.5 Å². The standard InChI is InChI=1S/C22H29FN6O2S2/c1-4-14-10-15-6-7-17(23)16(15)11-18(14)32-22-28-19-20(24)25-12-26-21(19)29(22)9-5-8-27-33(30,31)13(2)3/h10-13,17,27H,4-9H2,1-3H3,(H2,24,25,26). The first-order chi connectivity index (χ1) is 15.7. The van der Waals surface area contributed by atoms with Crippen LogP contribution in [0.5, 0.6) is 0 Å². The number of sulfonamides is 1. The topological polar surface area (TPSA) is 116 Å². The van der Waals surface area contributed by atoms with Crippen LogP contribution in [0.15, 0.2) is 28.5 Å². The fraction of sp³-hybridized carbons (Fsp3) is 0.500. The van der Waals surface area contributed by atoms with Crippen LogP contribution in [0.4, 0.5) is 10.2 Å². The molecule has 8 nitrogen and oxygen atoms in total. The Hall–Kier alpha value is -2.24. The number of halogens is 1. The molecule has 178 valence electrons. The van der Waals surface area contributed by atoms with E-state index in [-0.39, 0.29) is 5.82 Å². The molecule has 0 radical (unpaired) electrons. The molecule has 0 aliphatic heterocycles. The number of anilines is 1. The number of hydrogen-bond donors (Lipinski definition) is 2. The van der Waals surface area contributed by atoms with Crippen LogP contribution in [0.2, 0.25) is 0 Å². The van der Waals surface area contributed by atoms with Crippen LogP contribution in [-0.2, 0) is 29.4 Å². The summed E-state index contributed by atoms with van der Waals surface area (Å²) in [4.78, 5) is 14.1. The van der Waals surface area contributed by atoms with Gasteiger partial charge in [0.25, 0.3) is 0 Å². The Balaban J connectivity index is 1.64. The van der Waals surface area contributed by atoms with Crippen molar-refractivity contribution in [2.24, 2.45) is 0 Å². The maximum Gasteiger partial charge on any atom is 0.213 e. The molecule has 1 unspecified atom stereocenters. The molecular formula is C22H29FN6O2S2. The molecule has 0 fully saturated rings. The van der Waals surface area contributed by atoms with Gasteiger partial charge in [0.1, 0.15) is 12.5 Å². The third-order valence-corrected chi connectivity index (χ3v) is 8.86. The highest BCUT2D eigenvalue weighted by molar-refractivity contribution is 7.99. The monoisotopic (exact) mass is 492 g/mol. The Morgan fingerprint density at radius 3 is 2.85 bits per heavy atom. The summed E-state index contributed by atoms with van der Waals surface area (Å²) in [5, 5.41) is 0.184. The van der Waals surface area contributed by atoms with Gasteiger partial charge in [0.05, 0.1) is 5.25 Å². The first-order valence-electron chi connectivity index (χ1n) is 11.1. The van der Waals surface area contributed by atoms with Crippen molar-refractivity contribution in [2.75, 3.05) is 12.3 Å². The highest BCUT2D eigenvalue weighted by Crippen LogP contribution is 2.41. The number of rotatable bonds is 9. The summed E-state index contributed by atoms with van der Waals surface area (Å²) in [5.74, 6) is 0.287. The van der Waals surface area contributed by atoms with Crippen LogP contribution in [-0.4, -0.2) is 39.7 Å². The molecule has 0 saturated heterocycles. The molecular weight excluding hydrogens is 463 g/mol. The molecule has 0 spiro atoms. The molecule has 11 heteroatoms. The van der Waals surface area contributed by atoms with Crippen molar-refractivity contribution in [2.45, 2.75) is 74.5 Å². The van der Waals surface area contributed by atoms with Gasteiger partial charge >= 0.3 is 0 Å². The number of nitrogen functional groups attached to an aromatic ring is 1. The number of hydrogen-bond acceptors (Lipinski definition) is 7. The molecule has 2 aromatic heterocycles. The number of aromatic nitrogens is 4. The van der Waals surface area contributed by atoms with Crippen LogP contribution in [0, 0.1) is 0 Å². The van der Waals surface area contributed by atoms with Crippen molar-refractivity contribution in [1.82, 2.24) is 24.2 Å². The highest BCUT2D eigenvalue weighted by Gasteiger charge is 2.25. The molecule has 1 aromatic carbocycles. The van der Waals surface area contributed by atoms with Gasteiger partial charge in [0.15, 0.2) is 22.1 Å². The molecule has 4 rings (SSSR count). The zero-order valence-electron chi connectivity index (χ0n) is 19.0. The fourth-order valence-corrected chi connectivity index (χ4v) is 5.84. The van der Waals surface area contributed by atoms with E-state index in [4.69, 9.17) is 10.7 Å². The number of nitrogens with one attached hydrogen (secondary N) is 1. The molecule has 0 saturated carbocycles. The first kappa shape index (κ1) is 23.9. The zero-order chi connectivity index (χ0) is 23.8. The van der Waals surface area contributed by atoms with E-state index in [1.807, 2.05) is 10.6 Å². The maximum absolute atomic E-state index is 14.4. The molecule has 1 aliphatic rings. The molecule has 33 heavy (non-hydrogen) atoms.